The predicted octanol–water partition coefficient (Wildman–Crippen LogP) is 4.68. The number of ketones is 1. The number of alkyl halides is 3. The second kappa shape index (κ2) is 8.60. The molecule has 0 radical (unpaired) electrons. The highest BCUT2D eigenvalue weighted by Gasteiger charge is 2.32. The number of pyridine rings is 1. The zero-order valence-electron chi connectivity index (χ0n) is 15.9. The Labute approximate surface area is 178 Å². The van der Waals surface area contributed by atoms with Crippen LogP contribution in [0.3, 0.4) is 0 Å². The van der Waals surface area contributed by atoms with Crippen molar-refractivity contribution in [1.82, 2.24) is 9.97 Å². The molecule has 1 aliphatic heterocycles. The zero-order valence-corrected chi connectivity index (χ0v) is 16.8. The average Bonchev–Trinajstić information content (AvgIpc) is 3.43. The number of aromatic nitrogens is 2. The minimum atomic E-state index is -4.60. The van der Waals surface area contributed by atoms with E-state index < -0.39 is 17.8 Å². The quantitative estimate of drug-likeness (QED) is 0.566. The standard InChI is InChI=1S/C20H16F3N3O4S/c21-20(22,23)14-4-3-12(10-24-14)18(28)26-19-25-15(13-2-1-7-30-13)17(31-19)16(27)11-5-8-29-9-6-11/h1-4,7,10-11H,5-6,8-9H2,(H,25,26,28). The molecule has 31 heavy (non-hydrogen) atoms. The molecule has 3 aromatic heterocycles. The van der Waals surface area contributed by atoms with E-state index in [0.29, 0.717) is 42.4 Å². The first-order valence-electron chi connectivity index (χ1n) is 9.34. The molecule has 1 amide bonds. The molecule has 0 spiro atoms. The van der Waals surface area contributed by atoms with Crippen LogP contribution in [0.2, 0.25) is 0 Å². The Bertz CT molecular complexity index is 1070. The van der Waals surface area contributed by atoms with Crippen LogP contribution in [0.1, 0.15) is 38.6 Å². The van der Waals surface area contributed by atoms with Gasteiger partial charge in [-0.1, -0.05) is 11.3 Å². The van der Waals surface area contributed by atoms with Gasteiger partial charge in [-0.2, -0.15) is 13.2 Å². The molecule has 1 fully saturated rings. The summed E-state index contributed by atoms with van der Waals surface area (Å²) in [5, 5.41) is 2.66. The molecule has 0 bridgehead atoms. The van der Waals surface area contributed by atoms with Gasteiger partial charge in [0.25, 0.3) is 5.91 Å². The third-order valence-electron chi connectivity index (χ3n) is 4.73. The number of carbonyl (C=O) groups is 2. The highest BCUT2D eigenvalue weighted by atomic mass is 32.1. The van der Waals surface area contributed by atoms with Gasteiger partial charge in [0.1, 0.15) is 16.3 Å². The van der Waals surface area contributed by atoms with Crippen molar-refractivity contribution in [2.45, 2.75) is 19.0 Å². The van der Waals surface area contributed by atoms with Gasteiger partial charge >= 0.3 is 6.18 Å². The lowest BCUT2D eigenvalue weighted by Crippen LogP contribution is -2.23. The van der Waals surface area contributed by atoms with Gasteiger partial charge < -0.3 is 9.15 Å². The molecular weight excluding hydrogens is 435 g/mol. The van der Waals surface area contributed by atoms with Crippen LogP contribution in [0.4, 0.5) is 18.3 Å². The molecule has 4 rings (SSSR count). The van der Waals surface area contributed by atoms with Gasteiger partial charge in [-0.25, -0.2) is 4.98 Å². The summed E-state index contributed by atoms with van der Waals surface area (Å²) >= 11 is 0.996. The van der Waals surface area contributed by atoms with Crippen LogP contribution >= 0.6 is 11.3 Å². The van der Waals surface area contributed by atoms with Crippen molar-refractivity contribution >= 4 is 28.2 Å². The number of hydrogen-bond acceptors (Lipinski definition) is 7. The number of furan rings is 1. The number of halogens is 3. The van der Waals surface area contributed by atoms with Crippen molar-refractivity contribution in [1.29, 1.82) is 0 Å². The van der Waals surface area contributed by atoms with Crippen LogP contribution < -0.4 is 5.32 Å². The molecule has 0 unspecified atom stereocenters. The summed E-state index contributed by atoms with van der Waals surface area (Å²) in [6.45, 7) is 0.992. The number of nitrogens with zero attached hydrogens (tertiary/aromatic N) is 2. The summed E-state index contributed by atoms with van der Waals surface area (Å²) in [6.07, 6.45) is -1.13. The number of Topliss-reactive ketones (excluding diaryl/α,β-unsaturated/α-hetero) is 1. The molecule has 4 heterocycles. The maximum atomic E-state index is 13.1. The fourth-order valence-electron chi connectivity index (χ4n) is 3.13. The summed E-state index contributed by atoms with van der Waals surface area (Å²) in [5.74, 6) is -0.635. The van der Waals surface area contributed by atoms with Crippen molar-refractivity contribution in [3.63, 3.8) is 0 Å². The van der Waals surface area contributed by atoms with Crippen LogP contribution in [0.15, 0.2) is 41.1 Å². The van der Waals surface area contributed by atoms with Crippen LogP contribution in [-0.4, -0.2) is 34.9 Å². The summed E-state index contributed by atoms with van der Waals surface area (Å²) in [7, 11) is 0. The molecule has 162 valence electrons. The van der Waals surface area contributed by atoms with Gasteiger partial charge in [0, 0.05) is 25.3 Å². The largest absolute Gasteiger partial charge is 0.463 e. The first-order chi connectivity index (χ1) is 14.8. The van der Waals surface area contributed by atoms with Crippen molar-refractivity contribution in [2.75, 3.05) is 18.5 Å². The van der Waals surface area contributed by atoms with E-state index in [2.05, 4.69) is 15.3 Å². The minimum absolute atomic E-state index is 0.0694. The third-order valence-corrected chi connectivity index (χ3v) is 5.72. The van der Waals surface area contributed by atoms with E-state index >= 15 is 0 Å². The average molecular weight is 451 g/mol. The summed E-state index contributed by atoms with van der Waals surface area (Å²) in [4.78, 5) is 33.5. The van der Waals surface area contributed by atoms with Gasteiger partial charge in [0.2, 0.25) is 0 Å². The van der Waals surface area contributed by atoms with E-state index in [-0.39, 0.29) is 22.4 Å². The van der Waals surface area contributed by atoms with E-state index in [1.54, 1.807) is 12.1 Å². The molecule has 0 aromatic carbocycles. The Kier molecular flexibility index (Phi) is 5.88. The van der Waals surface area contributed by atoms with Crippen molar-refractivity contribution in [3.05, 3.63) is 52.9 Å². The number of anilines is 1. The monoisotopic (exact) mass is 451 g/mol. The van der Waals surface area contributed by atoms with Gasteiger partial charge in [0.05, 0.1) is 11.8 Å². The first-order valence-corrected chi connectivity index (χ1v) is 10.2. The normalized spacial score (nSPS) is 15.1. The van der Waals surface area contributed by atoms with E-state index in [4.69, 9.17) is 9.15 Å². The lowest BCUT2D eigenvalue weighted by molar-refractivity contribution is -0.141. The maximum Gasteiger partial charge on any atom is 0.433 e. The Morgan fingerprint density at radius 3 is 2.55 bits per heavy atom. The number of amides is 1. The molecule has 7 nitrogen and oxygen atoms in total. The third kappa shape index (κ3) is 4.67. The van der Waals surface area contributed by atoms with Gasteiger partial charge in [0.15, 0.2) is 16.7 Å². The first kappa shape index (κ1) is 21.2. The molecule has 1 saturated heterocycles. The maximum absolute atomic E-state index is 13.1. The lowest BCUT2D eigenvalue weighted by atomic mass is 9.94. The van der Waals surface area contributed by atoms with Gasteiger partial charge in [-0.15, -0.1) is 0 Å². The fraction of sp³-hybridized carbons (Fsp3) is 0.300. The number of carbonyl (C=O) groups excluding carboxylic acids is 2. The number of hydrogen-bond donors (Lipinski definition) is 1. The summed E-state index contributed by atoms with van der Waals surface area (Å²) in [6, 6.07) is 5.07. The van der Waals surface area contributed by atoms with E-state index in [9.17, 15) is 22.8 Å². The molecule has 11 heteroatoms. The second-order valence-corrected chi connectivity index (χ2v) is 7.81. The van der Waals surface area contributed by atoms with Crippen LogP contribution in [0, 0.1) is 5.92 Å². The second-order valence-electron chi connectivity index (χ2n) is 6.81. The minimum Gasteiger partial charge on any atom is -0.463 e. The topological polar surface area (TPSA) is 94.3 Å². The van der Waals surface area contributed by atoms with E-state index in [1.807, 2.05) is 0 Å². The number of ether oxygens (including phenoxy) is 1. The Morgan fingerprint density at radius 2 is 1.94 bits per heavy atom. The van der Waals surface area contributed by atoms with Crippen LogP contribution in [0.25, 0.3) is 11.5 Å². The molecule has 0 atom stereocenters. The highest BCUT2D eigenvalue weighted by Crippen LogP contribution is 2.35. The smallest absolute Gasteiger partial charge is 0.433 e. The van der Waals surface area contributed by atoms with Crippen molar-refractivity contribution in [2.24, 2.45) is 5.92 Å². The Morgan fingerprint density at radius 1 is 1.16 bits per heavy atom. The van der Waals surface area contributed by atoms with Gasteiger partial charge in [-0.3, -0.25) is 19.9 Å². The van der Waals surface area contributed by atoms with Crippen molar-refractivity contribution in [3.8, 4) is 11.5 Å². The summed E-state index contributed by atoms with van der Waals surface area (Å²) in [5.41, 5.74) is -0.852. The zero-order chi connectivity index (χ0) is 22.0. The Balaban J connectivity index is 1.58. The van der Waals surface area contributed by atoms with Gasteiger partial charge in [-0.05, 0) is 37.1 Å². The molecule has 0 aliphatic carbocycles. The number of nitrogens with one attached hydrogen (secondary N) is 1. The number of thiazole rings is 1. The Hall–Kier alpha value is -3.05. The highest BCUT2D eigenvalue weighted by molar-refractivity contribution is 7.18. The summed E-state index contributed by atoms with van der Waals surface area (Å²) < 4.78 is 48.7. The molecule has 1 N–H and O–H groups in total. The van der Waals surface area contributed by atoms with Crippen LogP contribution in [0.5, 0.6) is 0 Å². The lowest BCUT2D eigenvalue weighted by Gasteiger charge is -2.20. The molecular formula is C20H16F3N3O4S. The fourth-order valence-corrected chi connectivity index (χ4v) is 4.12. The molecule has 1 aliphatic rings. The van der Waals surface area contributed by atoms with E-state index in [0.717, 1.165) is 29.7 Å². The molecule has 0 saturated carbocycles. The molecule has 3 aromatic rings. The van der Waals surface area contributed by atoms with Crippen molar-refractivity contribution < 1.29 is 31.9 Å². The van der Waals surface area contributed by atoms with Crippen LogP contribution in [-0.2, 0) is 10.9 Å². The SMILES string of the molecule is O=C(Nc1nc(-c2ccco2)c(C(=O)C2CCOCC2)s1)c1ccc(C(F)(F)F)nc1. The predicted molar refractivity (Wildman–Crippen MR) is 105 cm³/mol. The van der Waals surface area contributed by atoms with E-state index in [1.165, 1.54) is 6.26 Å². The number of rotatable bonds is 5.